The SMILES string of the molecule is Cc1ccc(SCCNCCC(C)(C)C)cc1C. The Hall–Kier alpha value is -0.470. The van der Waals surface area contributed by atoms with Crippen molar-refractivity contribution in [2.75, 3.05) is 18.8 Å². The second-order valence-electron chi connectivity index (χ2n) is 6.16. The minimum Gasteiger partial charge on any atom is -0.316 e. The van der Waals surface area contributed by atoms with Crippen LogP contribution in [0.3, 0.4) is 0 Å². The van der Waals surface area contributed by atoms with Gasteiger partial charge >= 0.3 is 0 Å². The molecule has 1 nitrogen and oxygen atoms in total. The molecule has 0 aliphatic rings. The lowest BCUT2D eigenvalue weighted by molar-refractivity contribution is 0.369. The Balaban J connectivity index is 2.16. The molecule has 0 unspecified atom stereocenters. The van der Waals surface area contributed by atoms with Crippen molar-refractivity contribution >= 4 is 11.8 Å². The lowest BCUT2D eigenvalue weighted by Gasteiger charge is -2.18. The number of rotatable bonds is 6. The maximum absolute atomic E-state index is 3.52. The van der Waals surface area contributed by atoms with Gasteiger partial charge in [-0.2, -0.15) is 0 Å². The summed E-state index contributed by atoms with van der Waals surface area (Å²) in [6.07, 6.45) is 1.24. The van der Waals surface area contributed by atoms with Gasteiger partial charge in [-0.3, -0.25) is 0 Å². The van der Waals surface area contributed by atoms with Gasteiger partial charge in [-0.25, -0.2) is 0 Å². The number of thioether (sulfide) groups is 1. The van der Waals surface area contributed by atoms with Crippen LogP contribution in [-0.4, -0.2) is 18.8 Å². The van der Waals surface area contributed by atoms with Crippen molar-refractivity contribution in [2.24, 2.45) is 5.41 Å². The summed E-state index contributed by atoms with van der Waals surface area (Å²) >= 11 is 1.94. The van der Waals surface area contributed by atoms with Crippen LogP contribution in [0, 0.1) is 19.3 Å². The first-order valence-electron chi connectivity index (χ1n) is 6.79. The first-order chi connectivity index (χ1) is 8.38. The van der Waals surface area contributed by atoms with E-state index in [1.54, 1.807) is 0 Å². The number of hydrogen-bond donors (Lipinski definition) is 1. The second-order valence-corrected chi connectivity index (χ2v) is 7.32. The van der Waals surface area contributed by atoms with E-state index in [9.17, 15) is 0 Å². The summed E-state index contributed by atoms with van der Waals surface area (Å²) in [5.41, 5.74) is 3.21. The highest BCUT2D eigenvalue weighted by molar-refractivity contribution is 7.99. The largest absolute Gasteiger partial charge is 0.316 e. The van der Waals surface area contributed by atoms with E-state index in [0.29, 0.717) is 5.41 Å². The highest BCUT2D eigenvalue weighted by Gasteiger charge is 2.08. The molecular weight excluding hydrogens is 238 g/mol. The van der Waals surface area contributed by atoms with Gasteiger partial charge in [0.2, 0.25) is 0 Å². The van der Waals surface area contributed by atoms with E-state index >= 15 is 0 Å². The number of benzene rings is 1. The predicted octanol–water partition coefficient (Wildman–Crippen LogP) is 4.42. The van der Waals surface area contributed by atoms with Crippen molar-refractivity contribution < 1.29 is 0 Å². The zero-order valence-corrected chi connectivity index (χ0v) is 13.3. The monoisotopic (exact) mass is 265 g/mol. The maximum Gasteiger partial charge on any atom is 0.0106 e. The molecule has 0 saturated heterocycles. The average Bonchev–Trinajstić information content (AvgIpc) is 2.26. The first-order valence-corrected chi connectivity index (χ1v) is 7.78. The predicted molar refractivity (Wildman–Crippen MR) is 83.6 cm³/mol. The normalized spacial score (nSPS) is 11.8. The van der Waals surface area contributed by atoms with E-state index < -0.39 is 0 Å². The quantitative estimate of drug-likeness (QED) is 0.603. The maximum atomic E-state index is 3.52. The minimum absolute atomic E-state index is 0.439. The molecule has 1 aromatic carbocycles. The number of aryl methyl sites for hydroxylation is 2. The van der Waals surface area contributed by atoms with Gasteiger partial charge in [0.05, 0.1) is 0 Å². The van der Waals surface area contributed by atoms with Crippen LogP contribution < -0.4 is 5.32 Å². The van der Waals surface area contributed by atoms with E-state index in [0.717, 1.165) is 18.8 Å². The Morgan fingerprint density at radius 3 is 2.39 bits per heavy atom. The van der Waals surface area contributed by atoms with Crippen LogP contribution in [0.2, 0.25) is 0 Å². The topological polar surface area (TPSA) is 12.0 Å². The van der Waals surface area contributed by atoms with Crippen LogP contribution in [0.25, 0.3) is 0 Å². The van der Waals surface area contributed by atoms with Gasteiger partial charge in [-0.05, 0) is 55.5 Å². The third-order valence-electron chi connectivity index (χ3n) is 3.08. The molecule has 0 bridgehead atoms. The molecule has 1 N–H and O–H groups in total. The first kappa shape index (κ1) is 15.6. The van der Waals surface area contributed by atoms with Crippen LogP contribution >= 0.6 is 11.8 Å². The molecule has 0 saturated carbocycles. The van der Waals surface area contributed by atoms with Crippen molar-refractivity contribution in [1.29, 1.82) is 0 Å². The fourth-order valence-corrected chi connectivity index (χ4v) is 2.54. The van der Waals surface area contributed by atoms with Gasteiger partial charge in [0.25, 0.3) is 0 Å². The highest BCUT2D eigenvalue weighted by Crippen LogP contribution is 2.20. The zero-order chi connectivity index (χ0) is 13.6. The molecule has 0 amide bonds. The van der Waals surface area contributed by atoms with Crippen molar-refractivity contribution in [3.8, 4) is 0 Å². The molecule has 0 fully saturated rings. The Kier molecular flexibility index (Phi) is 6.24. The summed E-state index contributed by atoms with van der Waals surface area (Å²) < 4.78 is 0. The molecule has 0 aliphatic carbocycles. The zero-order valence-electron chi connectivity index (χ0n) is 12.5. The van der Waals surface area contributed by atoms with E-state index in [4.69, 9.17) is 0 Å². The highest BCUT2D eigenvalue weighted by atomic mass is 32.2. The standard InChI is InChI=1S/C16H27NS/c1-13-6-7-15(12-14(13)2)18-11-10-17-9-8-16(3,4)5/h6-7,12,17H,8-11H2,1-5H3. The summed E-state index contributed by atoms with van der Waals surface area (Å²) in [5, 5.41) is 3.52. The molecule has 1 aromatic rings. The van der Waals surface area contributed by atoms with Gasteiger partial charge in [-0.1, -0.05) is 26.8 Å². The average molecular weight is 265 g/mol. The van der Waals surface area contributed by atoms with Gasteiger partial charge in [0.1, 0.15) is 0 Å². The fourth-order valence-electron chi connectivity index (χ4n) is 1.63. The lowest BCUT2D eigenvalue weighted by atomic mass is 9.92. The Bertz CT molecular complexity index is 366. The Morgan fingerprint density at radius 2 is 1.78 bits per heavy atom. The smallest absolute Gasteiger partial charge is 0.0106 e. The molecule has 0 atom stereocenters. The van der Waals surface area contributed by atoms with Crippen molar-refractivity contribution in [3.05, 3.63) is 29.3 Å². The van der Waals surface area contributed by atoms with E-state index in [-0.39, 0.29) is 0 Å². The molecule has 102 valence electrons. The molecule has 0 heterocycles. The Morgan fingerprint density at radius 1 is 1.06 bits per heavy atom. The molecule has 0 aromatic heterocycles. The van der Waals surface area contributed by atoms with Crippen LogP contribution in [0.5, 0.6) is 0 Å². The molecule has 0 spiro atoms. The second kappa shape index (κ2) is 7.20. The van der Waals surface area contributed by atoms with Crippen molar-refractivity contribution in [1.82, 2.24) is 5.32 Å². The van der Waals surface area contributed by atoms with Gasteiger partial charge in [0.15, 0.2) is 0 Å². The molecule has 0 radical (unpaired) electrons. The van der Waals surface area contributed by atoms with Crippen LogP contribution in [0.4, 0.5) is 0 Å². The molecule has 2 heteroatoms. The van der Waals surface area contributed by atoms with Gasteiger partial charge < -0.3 is 5.32 Å². The van der Waals surface area contributed by atoms with E-state index in [2.05, 4.69) is 58.1 Å². The summed E-state index contributed by atoms with van der Waals surface area (Å²) in [6.45, 7) is 13.4. The van der Waals surface area contributed by atoms with Crippen LogP contribution in [0.1, 0.15) is 38.3 Å². The van der Waals surface area contributed by atoms with Crippen molar-refractivity contribution in [2.45, 2.75) is 45.9 Å². The summed E-state index contributed by atoms with van der Waals surface area (Å²) in [7, 11) is 0. The number of nitrogens with one attached hydrogen (secondary N) is 1. The molecular formula is C16H27NS. The molecule has 0 aliphatic heterocycles. The van der Waals surface area contributed by atoms with E-state index in [1.165, 1.54) is 22.4 Å². The summed E-state index contributed by atoms with van der Waals surface area (Å²) in [6, 6.07) is 6.72. The molecule has 18 heavy (non-hydrogen) atoms. The Labute approximate surface area is 117 Å². The third kappa shape index (κ3) is 6.46. The minimum atomic E-state index is 0.439. The lowest BCUT2D eigenvalue weighted by Crippen LogP contribution is -2.22. The van der Waals surface area contributed by atoms with Crippen molar-refractivity contribution in [3.63, 3.8) is 0 Å². The summed E-state index contributed by atoms with van der Waals surface area (Å²) in [4.78, 5) is 1.38. The van der Waals surface area contributed by atoms with Gasteiger partial charge in [-0.15, -0.1) is 11.8 Å². The van der Waals surface area contributed by atoms with Crippen LogP contribution in [0.15, 0.2) is 23.1 Å². The fraction of sp³-hybridized carbons (Fsp3) is 0.625. The van der Waals surface area contributed by atoms with Gasteiger partial charge in [0, 0.05) is 17.2 Å². The number of hydrogen-bond acceptors (Lipinski definition) is 2. The molecule has 1 rings (SSSR count). The third-order valence-corrected chi connectivity index (χ3v) is 4.07. The van der Waals surface area contributed by atoms with Crippen LogP contribution in [-0.2, 0) is 0 Å². The van der Waals surface area contributed by atoms with E-state index in [1.807, 2.05) is 11.8 Å². The summed E-state index contributed by atoms with van der Waals surface area (Å²) in [5.74, 6) is 1.15.